The summed E-state index contributed by atoms with van der Waals surface area (Å²) < 4.78 is 22.5. The molecule has 120 valence electrons. The average molecular weight is 324 g/mol. The summed E-state index contributed by atoms with van der Waals surface area (Å²) in [5, 5.41) is 2.78. The summed E-state index contributed by atoms with van der Waals surface area (Å²) in [4.78, 5) is 25.6. The molecule has 2 aliphatic rings. The van der Waals surface area contributed by atoms with Crippen LogP contribution in [-0.4, -0.2) is 37.3 Å². The minimum absolute atomic E-state index is 0.217. The van der Waals surface area contributed by atoms with E-state index in [9.17, 15) is 18.7 Å². The number of carbonyl (C=O) groups is 2. The Labute approximate surface area is 131 Å². The quantitative estimate of drug-likeness (QED) is 0.797. The van der Waals surface area contributed by atoms with Gasteiger partial charge in [-0.25, -0.2) is 4.31 Å². The summed E-state index contributed by atoms with van der Waals surface area (Å²) in [6, 6.07) is 6.47. The first kappa shape index (κ1) is 15.3. The monoisotopic (exact) mass is 324 g/mol. The Morgan fingerprint density at radius 3 is 2.68 bits per heavy atom. The minimum atomic E-state index is -3.49. The van der Waals surface area contributed by atoms with Gasteiger partial charge in [-0.1, -0.05) is 36.3 Å². The zero-order valence-electron chi connectivity index (χ0n) is 12.4. The van der Waals surface area contributed by atoms with E-state index in [1.807, 2.05) is 6.92 Å². The molecule has 22 heavy (non-hydrogen) atoms. The SMILES string of the molecule is CCCC1(N2C(=O)c3ccccc3S2(O)O)CCCNC1=O. The smallest absolute Gasteiger partial charge is 0.275 e. The molecule has 3 N–H and O–H groups in total. The van der Waals surface area contributed by atoms with Crippen molar-refractivity contribution in [3.05, 3.63) is 29.8 Å². The highest BCUT2D eigenvalue weighted by atomic mass is 32.3. The van der Waals surface area contributed by atoms with Crippen LogP contribution >= 0.6 is 10.8 Å². The van der Waals surface area contributed by atoms with Crippen LogP contribution in [-0.2, 0) is 4.79 Å². The van der Waals surface area contributed by atoms with E-state index < -0.39 is 22.2 Å². The van der Waals surface area contributed by atoms with Crippen LogP contribution < -0.4 is 5.32 Å². The van der Waals surface area contributed by atoms with Crippen molar-refractivity contribution in [1.82, 2.24) is 9.62 Å². The summed E-state index contributed by atoms with van der Waals surface area (Å²) in [7, 11) is -3.49. The van der Waals surface area contributed by atoms with Gasteiger partial charge in [0.1, 0.15) is 5.54 Å². The van der Waals surface area contributed by atoms with Crippen molar-refractivity contribution >= 4 is 22.6 Å². The zero-order chi connectivity index (χ0) is 16.0. The van der Waals surface area contributed by atoms with Crippen molar-refractivity contribution in [3.8, 4) is 0 Å². The van der Waals surface area contributed by atoms with Crippen LogP contribution in [0.1, 0.15) is 43.0 Å². The Bertz CT molecular complexity index is 630. The van der Waals surface area contributed by atoms with Crippen molar-refractivity contribution in [3.63, 3.8) is 0 Å². The molecule has 7 heteroatoms. The van der Waals surface area contributed by atoms with E-state index >= 15 is 0 Å². The van der Waals surface area contributed by atoms with Gasteiger partial charge in [-0.2, -0.15) is 0 Å². The molecular formula is C15H20N2O4S. The number of fused-ring (bicyclic) bond motifs is 1. The molecule has 1 fully saturated rings. The van der Waals surface area contributed by atoms with Gasteiger partial charge in [0.15, 0.2) is 0 Å². The molecule has 1 atom stereocenters. The number of benzene rings is 1. The average Bonchev–Trinajstić information content (AvgIpc) is 2.70. The van der Waals surface area contributed by atoms with Gasteiger partial charge < -0.3 is 5.32 Å². The molecule has 0 spiro atoms. The summed E-state index contributed by atoms with van der Waals surface area (Å²) in [6.45, 7) is 2.47. The molecule has 1 aromatic carbocycles. The molecule has 0 aliphatic carbocycles. The van der Waals surface area contributed by atoms with Gasteiger partial charge in [0, 0.05) is 6.54 Å². The second kappa shape index (κ2) is 5.26. The largest absolute Gasteiger partial charge is 0.354 e. The third-order valence-electron chi connectivity index (χ3n) is 4.38. The molecule has 0 bridgehead atoms. The highest BCUT2D eigenvalue weighted by Crippen LogP contribution is 2.62. The summed E-state index contributed by atoms with van der Waals surface area (Å²) in [5.41, 5.74) is -0.904. The van der Waals surface area contributed by atoms with Crippen LogP contribution in [0.15, 0.2) is 29.2 Å². The van der Waals surface area contributed by atoms with Gasteiger partial charge in [-0.3, -0.25) is 18.7 Å². The van der Waals surface area contributed by atoms with Gasteiger partial charge >= 0.3 is 0 Å². The molecule has 1 aromatic rings. The summed E-state index contributed by atoms with van der Waals surface area (Å²) >= 11 is 0. The number of hydrogen-bond donors (Lipinski definition) is 3. The first-order valence-corrected chi connectivity index (χ1v) is 8.96. The summed E-state index contributed by atoms with van der Waals surface area (Å²) in [5.74, 6) is -0.761. The fourth-order valence-corrected chi connectivity index (χ4v) is 5.44. The number of piperidine rings is 1. The van der Waals surface area contributed by atoms with Gasteiger partial charge in [0.05, 0.1) is 10.5 Å². The van der Waals surface area contributed by atoms with Crippen molar-refractivity contribution in [2.24, 2.45) is 0 Å². The Hall–Kier alpha value is -1.57. The molecule has 1 unspecified atom stereocenters. The van der Waals surface area contributed by atoms with Gasteiger partial charge in [-0.05, 0) is 31.4 Å². The first-order valence-electron chi connectivity index (χ1n) is 7.45. The lowest BCUT2D eigenvalue weighted by molar-refractivity contribution is -0.132. The number of nitrogens with zero attached hydrogens (tertiary/aromatic N) is 1. The van der Waals surface area contributed by atoms with Crippen LogP contribution in [0.2, 0.25) is 0 Å². The lowest BCUT2D eigenvalue weighted by Crippen LogP contribution is -2.62. The van der Waals surface area contributed by atoms with E-state index in [0.29, 0.717) is 32.2 Å². The van der Waals surface area contributed by atoms with E-state index in [1.165, 1.54) is 0 Å². The Balaban J connectivity index is 2.14. The number of hydrogen-bond acceptors (Lipinski definition) is 4. The number of amides is 2. The van der Waals surface area contributed by atoms with Crippen LogP contribution in [0.25, 0.3) is 0 Å². The highest BCUT2D eigenvalue weighted by molar-refractivity contribution is 8.23. The highest BCUT2D eigenvalue weighted by Gasteiger charge is 2.56. The standard InChI is InChI=1S/C15H20N2O4S/c1-2-8-15(9-5-10-16-14(15)19)17-13(18)11-6-3-4-7-12(11)22(17,20)21/h3-4,6-7,20-21H,2,5,8-10H2,1H3,(H,16,19). The predicted molar refractivity (Wildman–Crippen MR) is 83.6 cm³/mol. The molecule has 1 saturated heterocycles. The second-order valence-corrected chi connectivity index (χ2v) is 7.60. The Morgan fingerprint density at radius 1 is 1.32 bits per heavy atom. The van der Waals surface area contributed by atoms with Gasteiger partial charge in [0.25, 0.3) is 5.91 Å². The molecule has 0 saturated carbocycles. The third kappa shape index (κ3) is 1.96. The van der Waals surface area contributed by atoms with Crippen molar-refractivity contribution in [1.29, 1.82) is 0 Å². The van der Waals surface area contributed by atoms with Crippen LogP contribution in [0, 0.1) is 0 Å². The Kier molecular flexibility index (Phi) is 3.66. The van der Waals surface area contributed by atoms with Gasteiger partial charge in [-0.15, -0.1) is 0 Å². The fourth-order valence-electron chi connectivity index (χ4n) is 3.45. The maximum absolute atomic E-state index is 12.8. The normalized spacial score (nSPS) is 28.2. The third-order valence-corrected chi connectivity index (χ3v) is 6.35. The molecule has 0 aromatic heterocycles. The molecule has 2 amide bonds. The molecule has 3 rings (SSSR count). The molecular weight excluding hydrogens is 304 g/mol. The lowest BCUT2D eigenvalue weighted by atomic mass is 9.84. The van der Waals surface area contributed by atoms with E-state index in [2.05, 4.69) is 5.32 Å². The molecule has 2 heterocycles. The predicted octanol–water partition coefficient (Wildman–Crippen LogP) is 2.62. The lowest BCUT2D eigenvalue weighted by Gasteiger charge is -2.50. The van der Waals surface area contributed by atoms with E-state index in [4.69, 9.17) is 0 Å². The first-order chi connectivity index (χ1) is 10.4. The maximum atomic E-state index is 12.8. The molecule has 2 aliphatic heterocycles. The topological polar surface area (TPSA) is 89.9 Å². The van der Waals surface area contributed by atoms with Crippen molar-refractivity contribution in [2.45, 2.75) is 43.0 Å². The molecule has 6 nitrogen and oxygen atoms in total. The van der Waals surface area contributed by atoms with E-state index in [-0.39, 0.29) is 16.4 Å². The van der Waals surface area contributed by atoms with Crippen LogP contribution in [0.4, 0.5) is 0 Å². The zero-order valence-corrected chi connectivity index (χ0v) is 13.2. The van der Waals surface area contributed by atoms with E-state index in [0.717, 1.165) is 4.31 Å². The molecule has 0 radical (unpaired) electrons. The summed E-state index contributed by atoms with van der Waals surface area (Å²) in [6.07, 6.45) is 2.24. The van der Waals surface area contributed by atoms with Crippen LogP contribution in [0.5, 0.6) is 0 Å². The number of carbonyl (C=O) groups excluding carboxylic acids is 2. The Morgan fingerprint density at radius 2 is 2.05 bits per heavy atom. The van der Waals surface area contributed by atoms with Crippen molar-refractivity contribution in [2.75, 3.05) is 6.54 Å². The number of nitrogens with one attached hydrogen (secondary N) is 1. The number of rotatable bonds is 3. The second-order valence-electron chi connectivity index (χ2n) is 5.76. The fraction of sp³-hybridized carbons (Fsp3) is 0.467. The van der Waals surface area contributed by atoms with E-state index in [1.54, 1.807) is 24.3 Å². The van der Waals surface area contributed by atoms with Gasteiger partial charge in [0.2, 0.25) is 5.91 Å². The minimum Gasteiger partial charge on any atom is -0.354 e. The van der Waals surface area contributed by atoms with Crippen LogP contribution in [0.3, 0.4) is 0 Å². The maximum Gasteiger partial charge on any atom is 0.275 e. The van der Waals surface area contributed by atoms with Crippen molar-refractivity contribution < 1.29 is 18.7 Å².